The second-order valence-corrected chi connectivity index (χ2v) is 7.63. The lowest BCUT2D eigenvalue weighted by Gasteiger charge is -2.42. The van der Waals surface area contributed by atoms with Gasteiger partial charge in [0.05, 0.1) is 27.4 Å². The molecule has 0 saturated carbocycles. The minimum atomic E-state index is -0.0150. The van der Waals surface area contributed by atoms with Crippen molar-refractivity contribution in [3.8, 4) is 17.2 Å². The third-order valence-electron chi connectivity index (χ3n) is 5.78. The van der Waals surface area contributed by atoms with E-state index in [4.69, 9.17) is 14.2 Å². The monoisotopic (exact) mass is 412 g/mol. The van der Waals surface area contributed by atoms with E-state index in [1.54, 1.807) is 28.3 Å². The van der Waals surface area contributed by atoms with Crippen LogP contribution in [-0.2, 0) is 17.8 Å². The summed E-state index contributed by atoms with van der Waals surface area (Å²) in [5, 5.41) is 3.17. The van der Waals surface area contributed by atoms with Crippen molar-refractivity contribution < 1.29 is 19.0 Å². The Morgan fingerprint density at radius 1 is 1.10 bits per heavy atom. The summed E-state index contributed by atoms with van der Waals surface area (Å²) in [7, 11) is 4.99. The van der Waals surface area contributed by atoms with Crippen molar-refractivity contribution >= 4 is 5.91 Å². The van der Waals surface area contributed by atoms with Crippen LogP contribution in [0.2, 0.25) is 0 Å². The molecule has 6 heteroatoms. The number of amides is 1. The zero-order chi connectivity index (χ0) is 21.7. The Morgan fingerprint density at radius 3 is 2.33 bits per heavy atom. The van der Waals surface area contributed by atoms with E-state index in [9.17, 15) is 4.79 Å². The third kappa shape index (κ3) is 4.70. The van der Waals surface area contributed by atoms with E-state index in [0.29, 0.717) is 5.75 Å². The standard InChI is InChI=1S/C24H32N2O4/c1-6-21(25-16(2)27)24-20-14-23(30-5)22(29-4)13-18(20)11-12-26(24)15-17-7-9-19(28-3)10-8-17/h7-10,13-14,21,24H,6,11-12,15H2,1-5H3,(H,25,27)/t21-,24-/m1/s1. The molecule has 0 saturated heterocycles. The van der Waals surface area contributed by atoms with Crippen molar-refractivity contribution in [2.75, 3.05) is 27.9 Å². The normalized spacial score (nSPS) is 17.0. The number of nitrogens with zero attached hydrogens (tertiary/aromatic N) is 1. The zero-order valence-corrected chi connectivity index (χ0v) is 18.5. The van der Waals surface area contributed by atoms with Gasteiger partial charge in [-0.15, -0.1) is 0 Å². The predicted molar refractivity (Wildman–Crippen MR) is 117 cm³/mol. The number of benzene rings is 2. The number of hydrogen-bond donors (Lipinski definition) is 1. The van der Waals surface area contributed by atoms with Gasteiger partial charge in [-0.2, -0.15) is 0 Å². The molecule has 1 amide bonds. The van der Waals surface area contributed by atoms with E-state index >= 15 is 0 Å². The maximum Gasteiger partial charge on any atom is 0.217 e. The lowest BCUT2D eigenvalue weighted by molar-refractivity contribution is -0.120. The molecular formula is C24H32N2O4. The van der Waals surface area contributed by atoms with Gasteiger partial charge in [-0.1, -0.05) is 19.1 Å². The van der Waals surface area contributed by atoms with Crippen molar-refractivity contribution in [2.24, 2.45) is 0 Å². The average molecular weight is 413 g/mol. The molecule has 2 aromatic carbocycles. The Hall–Kier alpha value is -2.73. The van der Waals surface area contributed by atoms with Gasteiger partial charge in [0.15, 0.2) is 11.5 Å². The number of nitrogens with one attached hydrogen (secondary N) is 1. The molecule has 0 aromatic heterocycles. The predicted octanol–water partition coefficient (Wildman–Crippen LogP) is 3.73. The van der Waals surface area contributed by atoms with Crippen molar-refractivity contribution in [3.05, 3.63) is 53.1 Å². The number of hydrogen-bond acceptors (Lipinski definition) is 5. The fourth-order valence-electron chi connectivity index (χ4n) is 4.31. The van der Waals surface area contributed by atoms with Gasteiger partial charge in [-0.3, -0.25) is 9.69 Å². The van der Waals surface area contributed by atoms with Gasteiger partial charge in [0.1, 0.15) is 5.75 Å². The van der Waals surface area contributed by atoms with Crippen LogP contribution < -0.4 is 19.5 Å². The minimum Gasteiger partial charge on any atom is -0.497 e. The Balaban J connectivity index is 2.00. The van der Waals surface area contributed by atoms with Gasteiger partial charge in [0, 0.05) is 26.1 Å². The van der Waals surface area contributed by atoms with Crippen molar-refractivity contribution in [1.82, 2.24) is 10.2 Å². The first-order valence-electron chi connectivity index (χ1n) is 10.4. The van der Waals surface area contributed by atoms with Crippen molar-refractivity contribution in [3.63, 3.8) is 0 Å². The molecule has 1 aliphatic rings. The second-order valence-electron chi connectivity index (χ2n) is 7.63. The highest BCUT2D eigenvalue weighted by Gasteiger charge is 2.34. The van der Waals surface area contributed by atoms with Crippen LogP contribution >= 0.6 is 0 Å². The van der Waals surface area contributed by atoms with Crippen LogP contribution in [0.1, 0.15) is 43.0 Å². The lowest BCUT2D eigenvalue weighted by atomic mass is 9.86. The largest absolute Gasteiger partial charge is 0.497 e. The molecule has 1 heterocycles. The Morgan fingerprint density at radius 2 is 1.77 bits per heavy atom. The van der Waals surface area contributed by atoms with Gasteiger partial charge in [-0.05, 0) is 53.8 Å². The molecule has 2 aromatic rings. The molecule has 0 spiro atoms. The van der Waals surface area contributed by atoms with E-state index in [1.165, 1.54) is 16.7 Å². The van der Waals surface area contributed by atoms with E-state index in [2.05, 4.69) is 41.4 Å². The summed E-state index contributed by atoms with van der Waals surface area (Å²) in [6.45, 7) is 5.38. The van der Waals surface area contributed by atoms with E-state index < -0.39 is 0 Å². The second kappa shape index (κ2) is 9.85. The summed E-state index contributed by atoms with van der Waals surface area (Å²) >= 11 is 0. The lowest BCUT2D eigenvalue weighted by Crippen LogP contribution is -2.48. The minimum absolute atomic E-state index is 0.00195. The highest BCUT2D eigenvalue weighted by molar-refractivity contribution is 5.73. The summed E-state index contributed by atoms with van der Waals surface area (Å²) in [5.74, 6) is 2.29. The maximum absolute atomic E-state index is 11.9. The van der Waals surface area contributed by atoms with Crippen molar-refractivity contribution in [1.29, 1.82) is 0 Å². The van der Waals surface area contributed by atoms with E-state index in [-0.39, 0.29) is 18.0 Å². The summed E-state index contributed by atoms with van der Waals surface area (Å²) < 4.78 is 16.4. The van der Waals surface area contributed by atoms with Crippen LogP contribution in [0.3, 0.4) is 0 Å². The Labute approximate surface area is 179 Å². The van der Waals surface area contributed by atoms with Crippen LogP contribution in [0.5, 0.6) is 17.2 Å². The Kier molecular flexibility index (Phi) is 7.21. The molecule has 1 N–H and O–H groups in total. The molecule has 0 unspecified atom stereocenters. The number of carbonyl (C=O) groups excluding carboxylic acids is 1. The van der Waals surface area contributed by atoms with Gasteiger partial charge in [0.25, 0.3) is 0 Å². The summed E-state index contributed by atoms with van der Waals surface area (Å²) in [4.78, 5) is 14.4. The molecule has 0 radical (unpaired) electrons. The number of carbonyl (C=O) groups is 1. The van der Waals surface area contributed by atoms with Crippen molar-refractivity contribution in [2.45, 2.75) is 45.3 Å². The highest BCUT2D eigenvalue weighted by atomic mass is 16.5. The molecule has 162 valence electrons. The van der Waals surface area contributed by atoms with Crippen LogP contribution in [0.4, 0.5) is 0 Å². The summed E-state index contributed by atoms with van der Waals surface area (Å²) in [6.07, 6.45) is 1.75. The molecule has 30 heavy (non-hydrogen) atoms. The average Bonchev–Trinajstić information content (AvgIpc) is 2.77. The number of fused-ring (bicyclic) bond motifs is 1. The maximum atomic E-state index is 11.9. The SMILES string of the molecule is CC[C@@H](NC(C)=O)[C@H]1c2cc(OC)c(OC)cc2CCN1Cc1ccc(OC)cc1. The van der Waals surface area contributed by atoms with E-state index in [0.717, 1.165) is 37.4 Å². The van der Waals surface area contributed by atoms with E-state index in [1.807, 2.05) is 12.1 Å². The smallest absolute Gasteiger partial charge is 0.217 e. The number of ether oxygens (including phenoxy) is 3. The summed E-state index contributed by atoms with van der Waals surface area (Å²) in [5.41, 5.74) is 3.64. The van der Waals surface area contributed by atoms with Gasteiger partial charge >= 0.3 is 0 Å². The first-order valence-corrected chi connectivity index (χ1v) is 10.4. The molecule has 3 rings (SSSR count). The van der Waals surface area contributed by atoms with Gasteiger partial charge in [0.2, 0.25) is 5.91 Å². The number of rotatable bonds is 8. The topological polar surface area (TPSA) is 60.0 Å². The quantitative estimate of drug-likeness (QED) is 0.716. The van der Waals surface area contributed by atoms with Crippen LogP contribution in [-0.4, -0.2) is 44.7 Å². The van der Waals surface area contributed by atoms with Crippen LogP contribution in [0, 0.1) is 0 Å². The first-order chi connectivity index (χ1) is 14.5. The zero-order valence-electron chi connectivity index (χ0n) is 18.5. The first kappa shape index (κ1) is 22.0. The summed E-state index contributed by atoms with van der Waals surface area (Å²) in [6, 6.07) is 12.4. The molecule has 6 nitrogen and oxygen atoms in total. The Bertz CT molecular complexity index is 866. The molecule has 1 aliphatic heterocycles. The van der Waals surface area contributed by atoms with Gasteiger partial charge in [-0.25, -0.2) is 0 Å². The fourth-order valence-corrected chi connectivity index (χ4v) is 4.31. The fraction of sp³-hybridized carbons (Fsp3) is 0.458. The molecule has 2 atom stereocenters. The highest BCUT2D eigenvalue weighted by Crippen LogP contribution is 2.40. The third-order valence-corrected chi connectivity index (χ3v) is 5.78. The molecule has 0 aliphatic carbocycles. The van der Waals surface area contributed by atoms with Gasteiger partial charge < -0.3 is 19.5 Å². The van der Waals surface area contributed by atoms with Crippen LogP contribution in [0.25, 0.3) is 0 Å². The van der Waals surface area contributed by atoms with Crippen LogP contribution in [0.15, 0.2) is 36.4 Å². The molecular weight excluding hydrogens is 380 g/mol. The number of methoxy groups -OCH3 is 3. The molecule has 0 bridgehead atoms. The molecule has 0 fully saturated rings.